The quantitative estimate of drug-likeness (QED) is 0.653. The van der Waals surface area contributed by atoms with Gasteiger partial charge in [0.2, 0.25) is 0 Å². The zero-order valence-electron chi connectivity index (χ0n) is 13.8. The second-order valence-corrected chi connectivity index (χ2v) is 7.22. The maximum atomic E-state index is 2.67. The first-order valence-corrected chi connectivity index (χ1v) is 8.38. The summed E-state index contributed by atoms with van der Waals surface area (Å²) in [6.45, 7) is 10.5. The highest BCUT2D eigenvalue weighted by Crippen LogP contribution is 2.37. The standard InChI is InChI=1S/C19H31N/c1-5-6-7-9-16-11-13-17(14-12-16)18-10-8-15-20(18)19(2,3)4/h11-14,18H,5-10,15H2,1-4H3. The molecule has 1 aromatic rings. The lowest BCUT2D eigenvalue weighted by atomic mass is 9.97. The Balaban J connectivity index is 2.02. The summed E-state index contributed by atoms with van der Waals surface area (Å²) in [5.74, 6) is 0. The van der Waals surface area contributed by atoms with Gasteiger partial charge in [-0.1, -0.05) is 44.0 Å². The summed E-state index contributed by atoms with van der Waals surface area (Å²) < 4.78 is 0. The molecule has 0 aliphatic carbocycles. The lowest BCUT2D eigenvalue weighted by Gasteiger charge is -2.37. The zero-order chi connectivity index (χ0) is 14.6. The van der Waals surface area contributed by atoms with Crippen molar-refractivity contribution < 1.29 is 0 Å². The Morgan fingerprint density at radius 1 is 1.10 bits per heavy atom. The van der Waals surface area contributed by atoms with Gasteiger partial charge in [0.1, 0.15) is 0 Å². The maximum absolute atomic E-state index is 2.67. The van der Waals surface area contributed by atoms with E-state index in [1.807, 2.05) is 0 Å². The van der Waals surface area contributed by atoms with Gasteiger partial charge in [0.05, 0.1) is 0 Å². The molecule has 1 unspecified atom stereocenters. The van der Waals surface area contributed by atoms with E-state index in [1.165, 1.54) is 56.2 Å². The minimum atomic E-state index is 0.279. The molecule has 112 valence electrons. The lowest BCUT2D eigenvalue weighted by Crippen LogP contribution is -2.40. The van der Waals surface area contributed by atoms with E-state index >= 15 is 0 Å². The molecule has 0 N–H and O–H groups in total. The van der Waals surface area contributed by atoms with Gasteiger partial charge < -0.3 is 0 Å². The molecule has 0 radical (unpaired) electrons. The monoisotopic (exact) mass is 273 g/mol. The Kier molecular flexibility index (Phi) is 5.26. The molecule has 1 fully saturated rings. The van der Waals surface area contributed by atoms with Crippen molar-refractivity contribution in [1.29, 1.82) is 0 Å². The van der Waals surface area contributed by atoms with E-state index in [4.69, 9.17) is 0 Å². The molecule has 1 nitrogen and oxygen atoms in total. The van der Waals surface area contributed by atoms with Crippen molar-refractivity contribution in [3.63, 3.8) is 0 Å². The highest BCUT2D eigenvalue weighted by molar-refractivity contribution is 5.26. The predicted octanol–water partition coefficient (Wildman–Crippen LogP) is 5.35. The first-order chi connectivity index (χ1) is 9.52. The van der Waals surface area contributed by atoms with Crippen LogP contribution >= 0.6 is 0 Å². The highest BCUT2D eigenvalue weighted by Gasteiger charge is 2.33. The molecule has 2 rings (SSSR count). The van der Waals surface area contributed by atoms with Crippen molar-refractivity contribution in [2.45, 2.75) is 77.8 Å². The molecule has 1 heteroatoms. The average Bonchev–Trinajstić information content (AvgIpc) is 2.89. The summed E-state index contributed by atoms with van der Waals surface area (Å²) in [7, 11) is 0. The van der Waals surface area contributed by atoms with E-state index < -0.39 is 0 Å². The molecule has 0 aromatic heterocycles. The fourth-order valence-corrected chi connectivity index (χ4v) is 3.40. The summed E-state index contributed by atoms with van der Waals surface area (Å²) in [4.78, 5) is 2.67. The van der Waals surface area contributed by atoms with E-state index in [0.717, 1.165) is 0 Å². The number of hydrogen-bond donors (Lipinski definition) is 0. The van der Waals surface area contributed by atoms with Crippen LogP contribution in [0.3, 0.4) is 0 Å². The van der Waals surface area contributed by atoms with Crippen LogP contribution in [0.2, 0.25) is 0 Å². The SMILES string of the molecule is CCCCCc1ccc(C2CCCN2C(C)(C)C)cc1. The van der Waals surface area contributed by atoms with Gasteiger partial charge in [-0.25, -0.2) is 0 Å². The molecular formula is C19H31N. The van der Waals surface area contributed by atoms with Crippen molar-refractivity contribution in [3.05, 3.63) is 35.4 Å². The van der Waals surface area contributed by atoms with Crippen molar-refractivity contribution >= 4 is 0 Å². The fourth-order valence-electron chi connectivity index (χ4n) is 3.40. The van der Waals surface area contributed by atoms with Crippen molar-refractivity contribution in [3.8, 4) is 0 Å². The van der Waals surface area contributed by atoms with Crippen molar-refractivity contribution in [1.82, 2.24) is 4.90 Å². The third-order valence-corrected chi connectivity index (χ3v) is 4.55. The molecule has 1 aromatic carbocycles. The van der Waals surface area contributed by atoms with Crippen LogP contribution in [-0.2, 0) is 6.42 Å². The molecule has 0 amide bonds. The van der Waals surface area contributed by atoms with E-state index in [-0.39, 0.29) is 5.54 Å². The fraction of sp³-hybridized carbons (Fsp3) is 0.684. The lowest BCUT2D eigenvalue weighted by molar-refractivity contribution is 0.121. The highest BCUT2D eigenvalue weighted by atomic mass is 15.2. The summed E-state index contributed by atoms with van der Waals surface area (Å²) in [6.07, 6.45) is 7.87. The Morgan fingerprint density at radius 3 is 2.40 bits per heavy atom. The number of unbranched alkanes of at least 4 members (excludes halogenated alkanes) is 2. The molecule has 1 aliphatic rings. The van der Waals surface area contributed by atoms with Crippen LogP contribution in [0, 0.1) is 0 Å². The maximum Gasteiger partial charge on any atom is 0.0353 e. The molecule has 0 spiro atoms. The second kappa shape index (κ2) is 6.76. The van der Waals surface area contributed by atoms with Crippen LogP contribution in [0.15, 0.2) is 24.3 Å². The van der Waals surface area contributed by atoms with Crippen LogP contribution in [-0.4, -0.2) is 17.0 Å². The van der Waals surface area contributed by atoms with E-state index in [1.54, 1.807) is 0 Å². The van der Waals surface area contributed by atoms with Crippen molar-refractivity contribution in [2.24, 2.45) is 0 Å². The zero-order valence-corrected chi connectivity index (χ0v) is 13.8. The third-order valence-electron chi connectivity index (χ3n) is 4.55. The van der Waals surface area contributed by atoms with Crippen LogP contribution in [0.5, 0.6) is 0 Å². The van der Waals surface area contributed by atoms with Gasteiger partial charge in [-0.15, -0.1) is 0 Å². The first-order valence-electron chi connectivity index (χ1n) is 8.38. The average molecular weight is 273 g/mol. The number of nitrogens with zero attached hydrogens (tertiary/aromatic N) is 1. The molecule has 1 heterocycles. The van der Waals surface area contributed by atoms with E-state index in [9.17, 15) is 0 Å². The van der Waals surface area contributed by atoms with Gasteiger partial charge in [-0.3, -0.25) is 4.90 Å². The van der Waals surface area contributed by atoms with Gasteiger partial charge in [-0.2, -0.15) is 0 Å². The Labute approximate surface area is 125 Å². The van der Waals surface area contributed by atoms with Crippen LogP contribution in [0.4, 0.5) is 0 Å². The number of hydrogen-bond acceptors (Lipinski definition) is 1. The number of likely N-dealkylation sites (tertiary alicyclic amines) is 1. The molecule has 20 heavy (non-hydrogen) atoms. The Bertz CT molecular complexity index is 399. The molecule has 1 saturated heterocycles. The Hall–Kier alpha value is -0.820. The number of benzene rings is 1. The number of rotatable bonds is 5. The minimum absolute atomic E-state index is 0.279. The second-order valence-electron chi connectivity index (χ2n) is 7.22. The molecule has 1 atom stereocenters. The molecular weight excluding hydrogens is 242 g/mol. The largest absolute Gasteiger partial charge is 0.291 e. The smallest absolute Gasteiger partial charge is 0.0353 e. The molecule has 0 bridgehead atoms. The Morgan fingerprint density at radius 2 is 1.80 bits per heavy atom. The summed E-state index contributed by atoms with van der Waals surface area (Å²) in [5.41, 5.74) is 3.29. The van der Waals surface area contributed by atoms with E-state index in [2.05, 4.69) is 56.9 Å². The van der Waals surface area contributed by atoms with Crippen LogP contribution in [0.25, 0.3) is 0 Å². The van der Waals surface area contributed by atoms with Gasteiger partial charge in [-0.05, 0) is 64.1 Å². The van der Waals surface area contributed by atoms with Crippen LogP contribution in [0.1, 0.15) is 77.0 Å². The van der Waals surface area contributed by atoms with E-state index in [0.29, 0.717) is 6.04 Å². The first kappa shape index (κ1) is 15.6. The molecule has 1 aliphatic heterocycles. The topological polar surface area (TPSA) is 3.24 Å². The van der Waals surface area contributed by atoms with Gasteiger partial charge >= 0.3 is 0 Å². The summed E-state index contributed by atoms with van der Waals surface area (Å²) in [6, 6.07) is 10.1. The van der Waals surface area contributed by atoms with Gasteiger partial charge in [0.15, 0.2) is 0 Å². The summed E-state index contributed by atoms with van der Waals surface area (Å²) in [5, 5.41) is 0. The van der Waals surface area contributed by atoms with Crippen LogP contribution < -0.4 is 0 Å². The van der Waals surface area contributed by atoms with Gasteiger partial charge in [0.25, 0.3) is 0 Å². The van der Waals surface area contributed by atoms with Gasteiger partial charge in [0, 0.05) is 11.6 Å². The predicted molar refractivity (Wildman–Crippen MR) is 88.1 cm³/mol. The minimum Gasteiger partial charge on any atom is -0.291 e. The number of aryl methyl sites for hydroxylation is 1. The normalized spacial score (nSPS) is 20.5. The summed E-state index contributed by atoms with van der Waals surface area (Å²) >= 11 is 0. The third kappa shape index (κ3) is 3.85. The van der Waals surface area contributed by atoms with Crippen molar-refractivity contribution in [2.75, 3.05) is 6.54 Å². The molecule has 0 saturated carbocycles.